The summed E-state index contributed by atoms with van der Waals surface area (Å²) in [4.78, 5) is 8.56. The second-order valence-corrected chi connectivity index (χ2v) is 0.283. The van der Waals surface area contributed by atoms with Crippen LogP contribution in [0, 0.1) is 40.4 Å². The largest absolute Gasteiger partial charge is 2.00 e. The van der Waals surface area contributed by atoms with Crippen molar-refractivity contribution in [3.63, 3.8) is 0 Å². The van der Waals surface area contributed by atoms with Gasteiger partial charge in [-0.2, -0.15) is 0 Å². The fraction of sp³-hybridized carbons (Fsp3) is 0. The van der Waals surface area contributed by atoms with Crippen molar-refractivity contribution >= 4 is 29.2 Å². The molecule has 0 aliphatic heterocycles. The fourth-order valence-corrected chi connectivity index (χ4v) is 0. The van der Waals surface area contributed by atoms with E-state index in [-0.39, 0.29) is 66.3 Å². The number of carbonyl (C=O) groups is 1. The van der Waals surface area contributed by atoms with Crippen molar-refractivity contribution < 1.29 is 58.2 Å². The maximum atomic E-state index is 8.56. The zero-order chi connectivity index (χ0) is 3.58. The van der Waals surface area contributed by atoms with Crippen LogP contribution in [-0.2, 0) is 0 Å². The molecule has 34 valence electrons. The van der Waals surface area contributed by atoms with Gasteiger partial charge in [0.25, 0.3) is 0 Å². The molecule has 0 saturated carbocycles. The Bertz CT molecular complexity index is 40.3. The standard InChI is InChI=1S/CH2O3.Mg.Sm.2H/c2-1(3)4;;;;/h(H2,2,3,4);;;;/q;+2;;2*-1. The Labute approximate surface area is 86.3 Å². The van der Waals surface area contributed by atoms with Gasteiger partial charge in [-0.05, 0) is 0 Å². The van der Waals surface area contributed by atoms with E-state index in [2.05, 4.69) is 0 Å². The number of rotatable bonds is 0. The predicted octanol–water partition coefficient (Wildman–Crippen LogP) is 0.0666. The molecule has 5 heteroatoms. The van der Waals surface area contributed by atoms with Crippen LogP contribution in [0.3, 0.4) is 0 Å². The molecule has 0 rings (SSSR count). The summed E-state index contributed by atoms with van der Waals surface area (Å²) in [5.41, 5.74) is 0. The Balaban J connectivity index is -0.00000000750. The van der Waals surface area contributed by atoms with E-state index in [0.717, 1.165) is 0 Å². The minimum Gasteiger partial charge on any atom is -1.00 e. The van der Waals surface area contributed by atoms with Crippen molar-refractivity contribution in [2.75, 3.05) is 0 Å². The molecule has 2 N–H and O–H groups in total. The zero-order valence-corrected chi connectivity index (χ0v) is 6.95. The minimum atomic E-state index is -1.83. The van der Waals surface area contributed by atoms with Gasteiger partial charge < -0.3 is 13.1 Å². The van der Waals surface area contributed by atoms with Crippen LogP contribution >= 0.6 is 0 Å². The Morgan fingerprint density at radius 2 is 1.50 bits per heavy atom. The summed E-state index contributed by atoms with van der Waals surface area (Å²) in [5.74, 6) is 0. The van der Waals surface area contributed by atoms with E-state index in [9.17, 15) is 0 Å². The molecule has 0 aromatic carbocycles. The number of carboxylic acid groups (broad SMARTS) is 2. The fourth-order valence-electron chi connectivity index (χ4n) is 0. The molecule has 0 unspecified atom stereocenters. The average Bonchev–Trinajstić information content (AvgIpc) is 0.811. The van der Waals surface area contributed by atoms with E-state index in [1.165, 1.54) is 0 Å². The first-order chi connectivity index (χ1) is 1.73. The van der Waals surface area contributed by atoms with Gasteiger partial charge in [-0.3, -0.25) is 0 Å². The minimum absolute atomic E-state index is 0. The molecule has 3 nitrogen and oxygen atoms in total. The van der Waals surface area contributed by atoms with Crippen LogP contribution < -0.4 is 0 Å². The molecule has 0 aliphatic rings. The molecular formula is CH4MgO3Sm. The topological polar surface area (TPSA) is 57.5 Å². The van der Waals surface area contributed by atoms with E-state index >= 15 is 0 Å². The van der Waals surface area contributed by atoms with Crippen LogP contribution in [0.1, 0.15) is 2.85 Å². The van der Waals surface area contributed by atoms with Crippen molar-refractivity contribution in [3.05, 3.63) is 0 Å². The molecule has 0 amide bonds. The van der Waals surface area contributed by atoms with Crippen molar-refractivity contribution in [1.29, 1.82) is 0 Å². The number of hydrogen-bond donors (Lipinski definition) is 2. The van der Waals surface area contributed by atoms with E-state index in [1.54, 1.807) is 0 Å². The molecule has 0 heterocycles. The van der Waals surface area contributed by atoms with Crippen molar-refractivity contribution in [1.82, 2.24) is 0 Å². The van der Waals surface area contributed by atoms with Gasteiger partial charge in [0.15, 0.2) is 0 Å². The Morgan fingerprint density at radius 1 is 1.50 bits per heavy atom. The third-order valence-corrected chi connectivity index (χ3v) is 0. The van der Waals surface area contributed by atoms with Crippen LogP contribution in [0.4, 0.5) is 4.79 Å². The third-order valence-electron chi connectivity index (χ3n) is 0. The molecule has 0 aromatic heterocycles. The summed E-state index contributed by atoms with van der Waals surface area (Å²) in [6.45, 7) is 0. The molecule has 0 spiro atoms. The molecule has 0 atom stereocenters. The Kier molecular flexibility index (Phi) is 25.1. The van der Waals surface area contributed by atoms with Crippen LogP contribution in [0.25, 0.3) is 0 Å². The van der Waals surface area contributed by atoms with E-state index in [0.29, 0.717) is 0 Å². The quantitative estimate of drug-likeness (QED) is 0.587. The number of hydrogen-bond acceptors (Lipinski definition) is 1. The first-order valence-corrected chi connectivity index (χ1v) is 0.651. The van der Waals surface area contributed by atoms with E-state index in [1.807, 2.05) is 0 Å². The van der Waals surface area contributed by atoms with Crippen molar-refractivity contribution in [3.8, 4) is 0 Å². The maximum absolute atomic E-state index is 8.56. The summed E-state index contributed by atoms with van der Waals surface area (Å²) in [5, 5.41) is 13.9. The first-order valence-electron chi connectivity index (χ1n) is 0.651. The maximum Gasteiger partial charge on any atom is 2.00 e. The smallest absolute Gasteiger partial charge is 1.00 e. The average molecular weight is 239 g/mol. The van der Waals surface area contributed by atoms with Crippen LogP contribution in [0.5, 0.6) is 0 Å². The normalized spacial score (nSPS) is 4.00. The van der Waals surface area contributed by atoms with Gasteiger partial charge in [0.2, 0.25) is 0 Å². The Hall–Kier alpha value is 1.37. The molecule has 0 saturated heterocycles. The monoisotopic (exact) mass is 240 g/mol. The molecule has 0 bridgehead atoms. The van der Waals surface area contributed by atoms with Crippen LogP contribution in [0.15, 0.2) is 0 Å². The second kappa shape index (κ2) is 9.62. The van der Waals surface area contributed by atoms with Crippen LogP contribution in [0.2, 0.25) is 0 Å². The SMILES string of the molecule is O=C(O)O.[H-].[H-].[Mg+2].[Sm]. The van der Waals surface area contributed by atoms with Crippen LogP contribution in [-0.4, -0.2) is 39.4 Å². The van der Waals surface area contributed by atoms with Gasteiger partial charge in [-0.15, -0.1) is 0 Å². The summed E-state index contributed by atoms with van der Waals surface area (Å²) < 4.78 is 0. The molecular weight excluding hydrogens is 235 g/mol. The summed E-state index contributed by atoms with van der Waals surface area (Å²) in [6, 6.07) is 0. The first kappa shape index (κ1) is 15.7. The molecule has 0 fully saturated rings. The summed E-state index contributed by atoms with van der Waals surface area (Å²) in [6.07, 6.45) is -1.83. The van der Waals surface area contributed by atoms with Gasteiger partial charge in [-0.25, -0.2) is 4.79 Å². The van der Waals surface area contributed by atoms with Crippen molar-refractivity contribution in [2.45, 2.75) is 0 Å². The third kappa shape index (κ3) is 54.5. The van der Waals surface area contributed by atoms with Gasteiger partial charge in [-0.1, -0.05) is 0 Å². The molecule has 0 radical (unpaired) electrons. The summed E-state index contributed by atoms with van der Waals surface area (Å²) in [7, 11) is 0. The second-order valence-electron chi connectivity index (χ2n) is 0.283. The van der Waals surface area contributed by atoms with Gasteiger partial charge >= 0.3 is 29.2 Å². The molecule has 0 aromatic rings. The Morgan fingerprint density at radius 3 is 1.50 bits per heavy atom. The van der Waals surface area contributed by atoms with Crippen molar-refractivity contribution in [2.24, 2.45) is 0 Å². The van der Waals surface area contributed by atoms with Gasteiger partial charge in [0.05, 0.1) is 0 Å². The predicted molar refractivity (Wildman–Crippen MR) is 18.6 cm³/mol. The molecule has 0 aliphatic carbocycles. The van der Waals surface area contributed by atoms with E-state index < -0.39 is 6.16 Å². The summed E-state index contributed by atoms with van der Waals surface area (Å²) >= 11 is 0. The van der Waals surface area contributed by atoms with E-state index in [4.69, 9.17) is 15.0 Å². The van der Waals surface area contributed by atoms with Gasteiger partial charge in [0, 0.05) is 40.4 Å². The molecule has 6 heavy (non-hydrogen) atoms. The zero-order valence-electron chi connectivity index (χ0n) is 4.92. The van der Waals surface area contributed by atoms with Gasteiger partial charge in [0.1, 0.15) is 0 Å².